The lowest BCUT2D eigenvalue weighted by molar-refractivity contribution is 0.292. The maximum Gasteiger partial charge on any atom is 0.206 e. The first-order valence-electron chi connectivity index (χ1n) is 5.55. The lowest BCUT2D eigenvalue weighted by Crippen LogP contribution is -2.03. The summed E-state index contributed by atoms with van der Waals surface area (Å²) in [6.45, 7) is 7.24. The highest BCUT2D eigenvalue weighted by molar-refractivity contribution is 5.54. The van der Waals surface area contributed by atoms with Crippen molar-refractivity contribution in [2.75, 3.05) is 25.1 Å². The standard InChI is InChI=1S/C12H18FNO2/c1-4-14-9-7-10(15-5-2)12(13)11(8-9)16-6-3/h7-8,14H,4-6H2,1-3H3. The molecule has 0 saturated carbocycles. The van der Waals surface area contributed by atoms with E-state index in [4.69, 9.17) is 9.47 Å². The molecule has 0 radical (unpaired) electrons. The summed E-state index contributed by atoms with van der Waals surface area (Å²) < 4.78 is 24.2. The van der Waals surface area contributed by atoms with Gasteiger partial charge in [0.2, 0.25) is 5.82 Å². The fourth-order valence-electron chi connectivity index (χ4n) is 1.40. The minimum absolute atomic E-state index is 0.226. The highest BCUT2D eigenvalue weighted by Crippen LogP contribution is 2.31. The maximum absolute atomic E-state index is 13.8. The van der Waals surface area contributed by atoms with Crippen LogP contribution in [0.15, 0.2) is 12.1 Å². The van der Waals surface area contributed by atoms with Gasteiger partial charge in [0.1, 0.15) is 0 Å². The van der Waals surface area contributed by atoms with Crippen molar-refractivity contribution < 1.29 is 13.9 Å². The normalized spacial score (nSPS) is 10.0. The molecule has 0 fully saturated rings. The van der Waals surface area contributed by atoms with Crippen molar-refractivity contribution in [3.05, 3.63) is 17.9 Å². The predicted octanol–water partition coefficient (Wildman–Crippen LogP) is 3.05. The summed E-state index contributed by atoms with van der Waals surface area (Å²) in [5, 5.41) is 3.11. The van der Waals surface area contributed by atoms with Gasteiger partial charge in [-0.3, -0.25) is 0 Å². The molecule has 0 unspecified atom stereocenters. The van der Waals surface area contributed by atoms with E-state index in [0.717, 1.165) is 12.2 Å². The Labute approximate surface area is 95.6 Å². The number of rotatable bonds is 6. The van der Waals surface area contributed by atoms with E-state index >= 15 is 0 Å². The van der Waals surface area contributed by atoms with Crippen LogP contribution in [0.3, 0.4) is 0 Å². The Kier molecular flexibility index (Phi) is 4.89. The predicted molar refractivity (Wildman–Crippen MR) is 62.9 cm³/mol. The molecule has 0 amide bonds. The van der Waals surface area contributed by atoms with E-state index in [1.54, 1.807) is 12.1 Å². The van der Waals surface area contributed by atoms with E-state index in [2.05, 4.69) is 5.32 Å². The van der Waals surface area contributed by atoms with Crippen molar-refractivity contribution in [1.29, 1.82) is 0 Å². The van der Waals surface area contributed by atoms with Gasteiger partial charge in [-0.2, -0.15) is 4.39 Å². The second-order valence-corrected chi connectivity index (χ2v) is 3.18. The van der Waals surface area contributed by atoms with Gasteiger partial charge in [0.25, 0.3) is 0 Å². The second-order valence-electron chi connectivity index (χ2n) is 3.18. The first-order chi connectivity index (χ1) is 7.72. The molecule has 0 aliphatic heterocycles. The zero-order valence-electron chi connectivity index (χ0n) is 9.97. The van der Waals surface area contributed by atoms with Crippen LogP contribution in [0.4, 0.5) is 10.1 Å². The van der Waals surface area contributed by atoms with Crippen molar-refractivity contribution in [2.45, 2.75) is 20.8 Å². The third-order valence-corrected chi connectivity index (χ3v) is 1.99. The molecule has 1 N–H and O–H groups in total. The first kappa shape index (κ1) is 12.6. The summed E-state index contributed by atoms with van der Waals surface area (Å²) >= 11 is 0. The van der Waals surface area contributed by atoms with E-state index in [1.807, 2.05) is 20.8 Å². The lowest BCUT2D eigenvalue weighted by Gasteiger charge is -2.12. The second kappa shape index (κ2) is 6.20. The number of hydrogen-bond acceptors (Lipinski definition) is 3. The summed E-state index contributed by atoms with van der Waals surface area (Å²) in [5.74, 6) is 0.0131. The van der Waals surface area contributed by atoms with E-state index in [-0.39, 0.29) is 11.5 Å². The van der Waals surface area contributed by atoms with Gasteiger partial charge in [-0.15, -0.1) is 0 Å². The average molecular weight is 227 g/mol. The topological polar surface area (TPSA) is 30.5 Å². The number of benzene rings is 1. The maximum atomic E-state index is 13.8. The van der Waals surface area contributed by atoms with Gasteiger partial charge in [0.15, 0.2) is 11.5 Å². The van der Waals surface area contributed by atoms with Gasteiger partial charge in [0, 0.05) is 24.4 Å². The van der Waals surface area contributed by atoms with Gasteiger partial charge in [-0.1, -0.05) is 0 Å². The molecular formula is C12H18FNO2. The Bertz CT molecular complexity index is 315. The molecule has 0 bridgehead atoms. The molecule has 0 aliphatic carbocycles. The molecule has 0 atom stereocenters. The molecule has 0 heterocycles. The highest BCUT2D eigenvalue weighted by atomic mass is 19.1. The molecule has 1 aromatic rings. The fourth-order valence-corrected chi connectivity index (χ4v) is 1.40. The van der Waals surface area contributed by atoms with Crippen LogP contribution in [-0.4, -0.2) is 19.8 Å². The largest absolute Gasteiger partial charge is 0.491 e. The van der Waals surface area contributed by atoms with Gasteiger partial charge >= 0.3 is 0 Å². The summed E-state index contributed by atoms with van der Waals surface area (Å²) in [4.78, 5) is 0. The Hall–Kier alpha value is -1.45. The molecule has 0 aromatic heterocycles. The monoisotopic (exact) mass is 227 g/mol. The molecule has 1 rings (SSSR count). The molecular weight excluding hydrogens is 209 g/mol. The minimum atomic E-state index is -0.439. The van der Waals surface area contributed by atoms with E-state index in [1.165, 1.54) is 0 Å². The molecule has 90 valence electrons. The highest BCUT2D eigenvalue weighted by Gasteiger charge is 2.12. The lowest BCUT2D eigenvalue weighted by atomic mass is 10.2. The third-order valence-electron chi connectivity index (χ3n) is 1.99. The van der Waals surface area contributed by atoms with Crippen molar-refractivity contribution in [3.8, 4) is 11.5 Å². The fraction of sp³-hybridized carbons (Fsp3) is 0.500. The Morgan fingerprint density at radius 1 is 1.06 bits per heavy atom. The minimum Gasteiger partial charge on any atom is -0.491 e. The first-order valence-corrected chi connectivity index (χ1v) is 5.55. The molecule has 0 aliphatic rings. The summed E-state index contributed by atoms with van der Waals surface area (Å²) in [6.07, 6.45) is 0. The van der Waals surface area contributed by atoms with Crippen LogP contribution in [0.5, 0.6) is 11.5 Å². The van der Waals surface area contributed by atoms with Gasteiger partial charge < -0.3 is 14.8 Å². The Balaban J connectivity index is 3.05. The van der Waals surface area contributed by atoms with Crippen LogP contribution >= 0.6 is 0 Å². The van der Waals surface area contributed by atoms with E-state index in [0.29, 0.717) is 13.2 Å². The third kappa shape index (κ3) is 3.02. The van der Waals surface area contributed by atoms with Crippen molar-refractivity contribution in [1.82, 2.24) is 0 Å². The zero-order valence-corrected chi connectivity index (χ0v) is 9.97. The number of halogens is 1. The zero-order chi connectivity index (χ0) is 12.0. The van der Waals surface area contributed by atoms with Gasteiger partial charge in [-0.25, -0.2) is 0 Å². The summed E-state index contributed by atoms with van der Waals surface area (Å²) in [7, 11) is 0. The Morgan fingerprint density at radius 3 is 1.94 bits per heavy atom. The smallest absolute Gasteiger partial charge is 0.206 e. The molecule has 0 spiro atoms. The van der Waals surface area contributed by atoms with E-state index in [9.17, 15) is 4.39 Å². The summed E-state index contributed by atoms with van der Waals surface area (Å²) in [5.41, 5.74) is 0.802. The molecule has 4 heteroatoms. The van der Waals surface area contributed by atoms with Crippen molar-refractivity contribution >= 4 is 5.69 Å². The number of anilines is 1. The van der Waals surface area contributed by atoms with Crippen LogP contribution in [0.25, 0.3) is 0 Å². The summed E-state index contributed by atoms with van der Waals surface area (Å²) in [6, 6.07) is 3.29. The van der Waals surface area contributed by atoms with Crippen molar-refractivity contribution in [3.63, 3.8) is 0 Å². The molecule has 1 aromatic carbocycles. The van der Waals surface area contributed by atoms with Crippen molar-refractivity contribution in [2.24, 2.45) is 0 Å². The van der Waals surface area contributed by atoms with Gasteiger partial charge in [0.05, 0.1) is 13.2 Å². The van der Waals surface area contributed by atoms with Gasteiger partial charge in [-0.05, 0) is 20.8 Å². The van der Waals surface area contributed by atoms with Crippen LogP contribution in [0.1, 0.15) is 20.8 Å². The molecule has 0 saturated heterocycles. The Morgan fingerprint density at radius 2 is 1.56 bits per heavy atom. The van der Waals surface area contributed by atoms with Crippen LogP contribution in [-0.2, 0) is 0 Å². The average Bonchev–Trinajstić information content (AvgIpc) is 2.26. The van der Waals surface area contributed by atoms with Crippen LogP contribution in [0, 0.1) is 5.82 Å². The molecule has 16 heavy (non-hydrogen) atoms. The quantitative estimate of drug-likeness (QED) is 0.810. The van der Waals surface area contributed by atoms with Crippen LogP contribution in [0.2, 0.25) is 0 Å². The van der Waals surface area contributed by atoms with Crippen LogP contribution < -0.4 is 14.8 Å². The SMILES string of the molecule is CCNc1cc(OCC)c(F)c(OCC)c1. The molecule has 3 nitrogen and oxygen atoms in total. The van der Waals surface area contributed by atoms with E-state index < -0.39 is 5.82 Å². The number of ether oxygens (including phenoxy) is 2. The number of nitrogens with one attached hydrogen (secondary N) is 1. The number of hydrogen-bond donors (Lipinski definition) is 1.